The molecule has 0 radical (unpaired) electrons. The predicted octanol–water partition coefficient (Wildman–Crippen LogP) is 2.28. The van der Waals surface area contributed by atoms with Gasteiger partial charge in [-0.2, -0.15) is 0 Å². The Morgan fingerprint density at radius 2 is 2.19 bits per heavy atom. The molecule has 0 saturated heterocycles. The Hall–Kier alpha value is -1.83. The van der Waals surface area contributed by atoms with Crippen molar-refractivity contribution in [1.82, 2.24) is 4.98 Å². The molecule has 0 atom stereocenters. The number of carboxylic acids is 1. The summed E-state index contributed by atoms with van der Waals surface area (Å²) in [5.74, 6) is -1.72. The molecule has 9 heteroatoms. The third-order valence-corrected chi connectivity index (χ3v) is 1.80. The highest BCUT2D eigenvalue weighted by atomic mass is 35.5. The van der Waals surface area contributed by atoms with Crippen LogP contribution in [-0.2, 0) is 0 Å². The summed E-state index contributed by atoms with van der Waals surface area (Å²) in [7, 11) is 0. The molecule has 16 heavy (non-hydrogen) atoms. The van der Waals surface area contributed by atoms with E-state index >= 15 is 0 Å². The Morgan fingerprint density at radius 1 is 1.62 bits per heavy atom. The first-order valence-corrected chi connectivity index (χ1v) is 4.08. The number of carboxylic acid groups (broad SMARTS) is 1. The van der Waals surface area contributed by atoms with Crippen molar-refractivity contribution in [2.75, 3.05) is 0 Å². The number of alkyl halides is 2. The van der Waals surface area contributed by atoms with Gasteiger partial charge in [-0.3, -0.25) is 10.1 Å². The van der Waals surface area contributed by atoms with Crippen molar-refractivity contribution in [2.45, 2.75) is 6.43 Å². The second kappa shape index (κ2) is 4.35. The number of halogens is 3. The van der Waals surface area contributed by atoms with Crippen molar-refractivity contribution < 1.29 is 23.6 Å². The number of rotatable bonds is 3. The Kier molecular flexibility index (Phi) is 3.33. The second-order valence-electron chi connectivity index (χ2n) is 2.59. The molecule has 0 fully saturated rings. The maximum Gasteiger partial charge on any atom is 0.342 e. The Morgan fingerprint density at radius 3 is 2.56 bits per heavy atom. The fraction of sp³-hybridized carbons (Fsp3) is 0.143. The Bertz CT molecular complexity index is 466. The van der Waals surface area contributed by atoms with Gasteiger partial charge in [0, 0.05) is 0 Å². The number of pyridine rings is 1. The van der Waals surface area contributed by atoms with Crippen molar-refractivity contribution in [3.63, 3.8) is 0 Å². The summed E-state index contributed by atoms with van der Waals surface area (Å²) in [4.78, 5) is 22.9. The van der Waals surface area contributed by atoms with Crippen molar-refractivity contribution in [1.29, 1.82) is 0 Å². The average molecular weight is 253 g/mol. The van der Waals surface area contributed by atoms with Gasteiger partial charge < -0.3 is 5.11 Å². The van der Waals surface area contributed by atoms with Crippen LogP contribution in [0.2, 0.25) is 5.15 Å². The minimum atomic E-state index is -3.28. The van der Waals surface area contributed by atoms with Gasteiger partial charge in [0.2, 0.25) is 0 Å². The third-order valence-electron chi connectivity index (χ3n) is 1.61. The van der Waals surface area contributed by atoms with Crippen molar-refractivity contribution in [3.8, 4) is 0 Å². The summed E-state index contributed by atoms with van der Waals surface area (Å²) < 4.78 is 24.8. The number of hydrogen-bond acceptors (Lipinski definition) is 4. The fourth-order valence-corrected chi connectivity index (χ4v) is 1.23. The van der Waals surface area contributed by atoms with Gasteiger partial charge in [-0.1, -0.05) is 11.6 Å². The molecule has 0 aliphatic heterocycles. The lowest BCUT2D eigenvalue weighted by Crippen LogP contribution is -2.08. The highest BCUT2D eigenvalue weighted by molar-refractivity contribution is 6.29. The zero-order valence-electron chi connectivity index (χ0n) is 7.35. The predicted molar refractivity (Wildman–Crippen MR) is 47.8 cm³/mol. The number of aromatic nitrogens is 1. The average Bonchev–Trinajstić information content (AvgIpc) is 2.15. The maximum atomic E-state index is 12.4. The topological polar surface area (TPSA) is 93.3 Å². The molecule has 1 aromatic heterocycles. The van der Waals surface area contributed by atoms with Crippen LogP contribution in [0.15, 0.2) is 6.07 Å². The summed E-state index contributed by atoms with van der Waals surface area (Å²) in [5.41, 5.74) is -3.41. The van der Waals surface area contributed by atoms with Crippen LogP contribution in [-0.4, -0.2) is 21.0 Å². The van der Waals surface area contributed by atoms with E-state index in [4.69, 9.17) is 16.7 Å². The highest BCUT2D eigenvalue weighted by Gasteiger charge is 2.31. The molecule has 1 rings (SSSR count). The minimum absolute atomic E-state index is 0.543. The van der Waals surface area contributed by atoms with Crippen molar-refractivity contribution in [3.05, 3.63) is 32.6 Å². The molecule has 86 valence electrons. The standard InChI is InChI=1S/C7H3ClF2N2O4/c8-3-1-2(7(13)14)5(12(15)16)4(11-3)6(9)10/h1,6H,(H,13,14). The zero-order chi connectivity index (χ0) is 12.5. The molecule has 1 N–H and O–H groups in total. The lowest BCUT2D eigenvalue weighted by molar-refractivity contribution is -0.387. The summed E-state index contributed by atoms with van der Waals surface area (Å²) in [5, 5.41) is 18.6. The Balaban J connectivity index is 3.60. The van der Waals surface area contributed by atoms with Gasteiger partial charge in [0.25, 0.3) is 6.43 Å². The highest BCUT2D eigenvalue weighted by Crippen LogP contribution is 2.32. The zero-order valence-corrected chi connectivity index (χ0v) is 8.11. The molecular weight excluding hydrogens is 250 g/mol. The number of carbonyl (C=O) groups is 1. The van der Waals surface area contributed by atoms with Crippen molar-refractivity contribution >= 4 is 23.3 Å². The molecule has 0 spiro atoms. The van der Waals surface area contributed by atoms with E-state index in [0.29, 0.717) is 6.07 Å². The minimum Gasteiger partial charge on any atom is -0.477 e. The van der Waals surface area contributed by atoms with E-state index < -0.39 is 39.4 Å². The first-order valence-electron chi connectivity index (χ1n) is 3.71. The summed E-state index contributed by atoms with van der Waals surface area (Å²) in [6, 6.07) is 0.647. The molecule has 0 bridgehead atoms. The molecule has 6 nitrogen and oxygen atoms in total. The van der Waals surface area contributed by atoms with Gasteiger partial charge in [0.05, 0.1) is 4.92 Å². The van der Waals surface area contributed by atoms with Crippen LogP contribution < -0.4 is 0 Å². The molecule has 0 unspecified atom stereocenters. The van der Waals surface area contributed by atoms with Crippen LogP contribution in [0.25, 0.3) is 0 Å². The lowest BCUT2D eigenvalue weighted by Gasteiger charge is -2.04. The maximum absolute atomic E-state index is 12.4. The molecule has 1 heterocycles. The van der Waals surface area contributed by atoms with E-state index in [1.807, 2.05) is 0 Å². The molecular formula is C7H3ClF2N2O4. The summed E-state index contributed by atoms with van der Waals surface area (Å²) >= 11 is 5.28. The van der Waals surface area contributed by atoms with Gasteiger partial charge in [-0.05, 0) is 6.07 Å². The number of hydrogen-bond donors (Lipinski definition) is 1. The second-order valence-corrected chi connectivity index (χ2v) is 2.98. The summed E-state index contributed by atoms with van der Waals surface area (Å²) in [6.45, 7) is 0. The van der Waals surface area contributed by atoms with E-state index in [0.717, 1.165) is 0 Å². The largest absolute Gasteiger partial charge is 0.477 e. The lowest BCUT2D eigenvalue weighted by atomic mass is 10.2. The first-order chi connectivity index (χ1) is 7.34. The van der Waals surface area contributed by atoms with Gasteiger partial charge in [0.15, 0.2) is 5.69 Å². The quantitative estimate of drug-likeness (QED) is 0.506. The number of nitrogens with zero attached hydrogens (tertiary/aromatic N) is 2. The molecule has 0 saturated carbocycles. The van der Waals surface area contributed by atoms with Crippen molar-refractivity contribution in [2.24, 2.45) is 0 Å². The number of nitro groups is 1. The van der Waals surface area contributed by atoms with Crippen LogP contribution in [0.5, 0.6) is 0 Å². The van der Waals surface area contributed by atoms with E-state index in [9.17, 15) is 23.7 Å². The van der Waals surface area contributed by atoms with Crippen LogP contribution in [0.4, 0.5) is 14.5 Å². The molecule has 1 aromatic rings. The smallest absolute Gasteiger partial charge is 0.342 e. The molecule has 0 aliphatic carbocycles. The van der Waals surface area contributed by atoms with Gasteiger partial charge in [-0.25, -0.2) is 18.6 Å². The van der Waals surface area contributed by atoms with E-state index in [2.05, 4.69) is 4.98 Å². The monoisotopic (exact) mass is 252 g/mol. The fourth-order valence-electron chi connectivity index (χ4n) is 1.03. The van der Waals surface area contributed by atoms with E-state index in [-0.39, 0.29) is 0 Å². The van der Waals surface area contributed by atoms with Gasteiger partial charge >= 0.3 is 11.7 Å². The molecule has 0 aliphatic rings. The van der Waals surface area contributed by atoms with Crippen LogP contribution in [0, 0.1) is 10.1 Å². The molecule has 0 amide bonds. The molecule has 0 aromatic carbocycles. The Labute approximate surface area is 91.6 Å². The van der Waals surface area contributed by atoms with Crippen LogP contribution in [0.3, 0.4) is 0 Å². The van der Waals surface area contributed by atoms with E-state index in [1.54, 1.807) is 0 Å². The first kappa shape index (κ1) is 12.2. The van der Waals surface area contributed by atoms with Crippen LogP contribution >= 0.6 is 11.6 Å². The summed E-state index contributed by atoms with van der Waals surface area (Å²) in [6.07, 6.45) is -3.28. The SMILES string of the molecule is O=C(O)c1cc(Cl)nc(C(F)F)c1[N+](=O)[O-]. The number of aromatic carboxylic acids is 1. The van der Waals surface area contributed by atoms with Gasteiger partial charge in [-0.15, -0.1) is 0 Å². The van der Waals surface area contributed by atoms with Crippen LogP contribution in [0.1, 0.15) is 22.5 Å². The van der Waals surface area contributed by atoms with Gasteiger partial charge in [0.1, 0.15) is 10.7 Å². The third kappa shape index (κ3) is 2.22. The normalized spacial score (nSPS) is 10.5. The van der Waals surface area contributed by atoms with E-state index in [1.165, 1.54) is 0 Å².